The van der Waals surface area contributed by atoms with E-state index in [1.807, 2.05) is 6.92 Å². The van der Waals surface area contributed by atoms with Crippen LogP contribution in [0.3, 0.4) is 0 Å². The largest absolute Gasteiger partial charge is 0.289 e. The van der Waals surface area contributed by atoms with Gasteiger partial charge in [0.25, 0.3) is 0 Å². The summed E-state index contributed by atoms with van der Waals surface area (Å²) < 4.78 is 0. The van der Waals surface area contributed by atoms with Crippen LogP contribution in [-0.2, 0) is 4.79 Å². The molecular weight excluding hydrogens is 112 g/mol. The van der Waals surface area contributed by atoms with Crippen LogP contribution < -0.4 is 0 Å². The molecule has 0 N–H and O–H groups in total. The molecule has 1 nitrogen and oxygen atoms in total. The van der Waals surface area contributed by atoms with Gasteiger partial charge in [0.2, 0.25) is 6.29 Å². The summed E-state index contributed by atoms with van der Waals surface area (Å²) >= 11 is 5.34. The lowest BCUT2D eigenvalue weighted by molar-refractivity contribution is 0.549. The molecule has 0 aliphatic heterocycles. The molecule has 1 unspecified atom stereocenters. The third-order valence-electron chi connectivity index (χ3n) is 0.670. The van der Waals surface area contributed by atoms with Crippen molar-refractivity contribution < 1.29 is 4.79 Å². The van der Waals surface area contributed by atoms with Gasteiger partial charge in [-0.3, -0.25) is 4.79 Å². The Labute approximate surface area is 48.7 Å². The molecule has 0 aromatic heterocycles. The van der Waals surface area contributed by atoms with E-state index in [4.69, 9.17) is 11.6 Å². The van der Waals surface area contributed by atoms with Gasteiger partial charge >= 0.3 is 0 Å². The van der Waals surface area contributed by atoms with E-state index in [-0.39, 0.29) is 5.38 Å². The minimum atomic E-state index is -0.384. The summed E-state index contributed by atoms with van der Waals surface area (Å²) in [5.74, 6) is 0. The highest BCUT2D eigenvalue weighted by Crippen LogP contribution is 1.99. The lowest BCUT2D eigenvalue weighted by atomic mass is 10.3. The van der Waals surface area contributed by atoms with E-state index in [1.54, 1.807) is 6.29 Å². The fraction of sp³-hybridized carbons (Fsp3) is 0.800. The number of alkyl halides is 1. The number of hydrogen-bond donors (Lipinski definition) is 0. The predicted molar refractivity (Wildman–Crippen MR) is 30.2 cm³/mol. The van der Waals surface area contributed by atoms with Crippen LogP contribution in [0.1, 0.15) is 19.8 Å². The maximum atomic E-state index is 9.64. The van der Waals surface area contributed by atoms with Crippen LogP contribution in [0, 0.1) is 0 Å². The van der Waals surface area contributed by atoms with Crippen LogP contribution in [0.2, 0.25) is 0 Å². The van der Waals surface area contributed by atoms with E-state index in [2.05, 4.69) is 0 Å². The van der Waals surface area contributed by atoms with Crippen LogP contribution in [0.25, 0.3) is 0 Å². The minimum absolute atomic E-state index is 0.384. The van der Waals surface area contributed by atoms with Crippen molar-refractivity contribution in [1.82, 2.24) is 0 Å². The monoisotopic (exact) mass is 119 g/mol. The van der Waals surface area contributed by atoms with Gasteiger partial charge < -0.3 is 0 Å². The lowest BCUT2D eigenvalue weighted by Gasteiger charge is -1.91. The third kappa shape index (κ3) is 3.80. The summed E-state index contributed by atoms with van der Waals surface area (Å²) in [7, 11) is 0. The van der Waals surface area contributed by atoms with E-state index in [1.165, 1.54) is 0 Å². The number of rotatable bonds is 3. The maximum Gasteiger partial charge on any atom is 0.217 e. The summed E-state index contributed by atoms with van der Waals surface area (Å²) in [5, 5.41) is -0.384. The topological polar surface area (TPSA) is 17.1 Å². The first-order valence-corrected chi connectivity index (χ1v) is 2.76. The Morgan fingerprint density at radius 3 is 2.57 bits per heavy atom. The van der Waals surface area contributed by atoms with Gasteiger partial charge in [-0.05, 0) is 6.42 Å². The molecule has 0 saturated carbocycles. The summed E-state index contributed by atoms with van der Waals surface area (Å²) in [4.78, 5) is 9.64. The van der Waals surface area contributed by atoms with Crippen molar-refractivity contribution in [3.8, 4) is 0 Å². The van der Waals surface area contributed by atoms with Crippen molar-refractivity contribution in [3.63, 3.8) is 0 Å². The standard InChI is InChI=1S/C5H8ClO/c1-2-3-5(6)4-7/h5H,2-3H2,1H3. The number of carbonyl (C=O) groups excluding carboxylic acids is 1. The normalized spacial score (nSPS) is 13.4. The SMILES string of the molecule is CCCC(Cl)[C]=O. The highest BCUT2D eigenvalue weighted by Gasteiger charge is 1.97. The van der Waals surface area contributed by atoms with Crippen molar-refractivity contribution in [2.45, 2.75) is 25.1 Å². The highest BCUT2D eigenvalue weighted by molar-refractivity contribution is 6.27. The van der Waals surface area contributed by atoms with Gasteiger partial charge in [-0.2, -0.15) is 0 Å². The highest BCUT2D eigenvalue weighted by atomic mass is 35.5. The van der Waals surface area contributed by atoms with Gasteiger partial charge in [0.05, 0.1) is 5.38 Å². The predicted octanol–water partition coefficient (Wildman–Crippen LogP) is 1.50. The van der Waals surface area contributed by atoms with Gasteiger partial charge in [0.1, 0.15) is 0 Å². The first-order valence-electron chi connectivity index (χ1n) is 2.33. The zero-order valence-electron chi connectivity index (χ0n) is 4.28. The number of halogens is 1. The molecular formula is C5H8ClO. The molecule has 0 aliphatic rings. The van der Waals surface area contributed by atoms with E-state index >= 15 is 0 Å². The summed E-state index contributed by atoms with van der Waals surface area (Å²) in [6, 6.07) is 0. The van der Waals surface area contributed by atoms with Crippen molar-refractivity contribution >= 4 is 17.9 Å². The fourth-order valence-electron chi connectivity index (χ4n) is 0.312. The zero-order valence-corrected chi connectivity index (χ0v) is 5.03. The third-order valence-corrected chi connectivity index (χ3v) is 0.977. The van der Waals surface area contributed by atoms with E-state index < -0.39 is 0 Å². The first kappa shape index (κ1) is 6.96. The Morgan fingerprint density at radius 1 is 1.86 bits per heavy atom. The van der Waals surface area contributed by atoms with Gasteiger partial charge in [-0.15, -0.1) is 11.6 Å². The quantitative estimate of drug-likeness (QED) is 0.515. The van der Waals surface area contributed by atoms with Crippen molar-refractivity contribution in [3.05, 3.63) is 0 Å². The molecule has 1 atom stereocenters. The molecule has 0 spiro atoms. The smallest absolute Gasteiger partial charge is 0.217 e. The second kappa shape index (κ2) is 4.13. The minimum Gasteiger partial charge on any atom is -0.289 e. The summed E-state index contributed by atoms with van der Waals surface area (Å²) in [6.45, 7) is 1.98. The Balaban J connectivity index is 2.98. The van der Waals surface area contributed by atoms with Gasteiger partial charge in [0.15, 0.2) is 0 Å². The van der Waals surface area contributed by atoms with Gasteiger partial charge in [-0.1, -0.05) is 13.3 Å². The summed E-state index contributed by atoms with van der Waals surface area (Å²) in [6.07, 6.45) is 3.37. The van der Waals surface area contributed by atoms with Crippen LogP contribution in [-0.4, -0.2) is 11.7 Å². The molecule has 0 fully saturated rings. The molecule has 0 rings (SSSR count). The van der Waals surface area contributed by atoms with Crippen LogP contribution in [0.5, 0.6) is 0 Å². The van der Waals surface area contributed by atoms with E-state index in [0.717, 1.165) is 12.8 Å². The molecule has 0 aromatic carbocycles. The molecule has 0 aliphatic carbocycles. The molecule has 0 saturated heterocycles. The molecule has 41 valence electrons. The van der Waals surface area contributed by atoms with Crippen LogP contribution in [0.15, 0.2) is 0 Å². The first-order chi connectivity index (χ1) is 3.31. The molecule has 7 heavy (non-hydrogen) atoms. The molecule has 1 radical (unpaired) electrons. The van der Waals surface area contributed by atoms with Gasteiger partial charge in [-0.25, -0.2) is 0 Å². The second-order valence-corrected chi connectivity index (χ2v) is 1.90. The van der Waals surface area contributed by atoms with Crippen molar-refractivity contribution in [2.24, 2.45) is 0 Å². The Bertz CT molecular complexity index is 54.0. The van der Waals surface area contributed by atoms with Gasteiger partial charge in [0, 0.05) is 0 Å². The summed E-state index contributed by atoms with van der Waals surface area (Å²) in [5.41, 5.74) is 0. The molecule has 0 aromatic rings. The number of hydrogen-bond acceptors (Lipinski definition) is 1. The van der Waals surface area contributed by atoms with Crippen LogP contribution in [0.4, 0.5) is 0 Å². The molecule has 2 heteroatoms. The maximum absolute atomic E-state index is 9.64. The average molecular weight is 120 g/mol. The van der Waals surface area contributed by atoms with Crippen molar-refractivity contribution in [1.29, 1.82) is 0 Å². The van der Waals surface area contributed by atoms with E-state index in [0.29, 0.717) is 0 Å². The average Bonchev–Trinajstić information content (AvgIpc) is 1.68. The lowest BCUT2D eigenvalue weighted by Crippen LogP contribution is -1.96. The van der Waals surface area contributed by atoms with E-state index in [9.17, 15) is 4.79 Å². The Kier molecular flexibility index (Phi) is 4.10. The van der Waals surface area contributed by atoms with Crippen LogP contribution >= 0.6 is 11.6 Å². The zero-order chi connectivity index (χ0) is 5.70. The Morgan fingerprint density at radius 2 is 2.43 bits per heavy atom. The molecule has 0 heterocycles. The molecule has 0 bridgehead atoms. The Hall–Kier alpha value is -0.0400. The molecule has 0 amide bonds. The van der Waals surface area contributed by atoms with Crippen molar-refractivity contribution in [2.75, 3.05) is 0 Å². The fourth-order valence-corrected chi connectivity index (χ4v) is 0.531. The second-order valence-electron chi connectivity index (χ2n) is 1.37.